The molecule has 5 nitrogen and oxygen atoms in total. The fraction of sp³-hybridized carbons (Fsp3) is 0.500. The van der Waals surface area contributed by atoms with Crippen molar-refractivity contribution in [2.24, 2.45) is 0 Å². The zero-order valence-corrected chi connectivity index (χ0v) is 15.6. The molecule has 2 fully saturated rings. The lowest BCUT2D eigenvalue weighted by Crippen LogP contribution is -2.54. The highest BCUT2D eigenvalue weighted by atomic mass is 16.2. The number of hydrogen-bond donors (Lipinski definition) is 0. The maximum Gasteiger partial charge on any atom is 0.245 e. The summed E-state index contributed by atoms with van der Waals surface area (Å²) in [5.41, 5.74) is 3.57. The van der Waals surface area contributed by atoms with Crippen molar-refractivity contribution in [3.05, 3.63) is 41.0 Å². The van der Waals surface area contributed by atoms with Crippen LogP contribution in [0.4, 0.5) is 0 Å². The fourth-order valence-corrected chi connectivity index (χ4v) is 4.65. The number of likely N-dealkylation sites (tertiary alicyclic amines) is 2. The first-order chi connectivity index (χ1) is 13.2. The molecule has 2 amide bonds. The molecule has 2 atom stereocenters. The van der Waals surface area contributed by atoms with E-state index >= 15 is 0 Å². The van der Waals surface area contributed by atoms with Gasteiger partial charge < -0.3 is 14.6 Å². The largest absolute Gasteiger partial charge is 0.331 e. The summed E-state index contributed by atoms with van der Waals surface area (Å²) in [4.78, 5) is 40.8. The molecule has 27 heavy (non-hydrogen) atoms. The highest BCUT2D eigenvalue weighted by Gasteiger charge is 2.38. The predicted octanol–water partition coefficient (Wildman–Crippen LogP) is 2.59. The van der Waals surface area contributed by atoms with Crippen molar-refractivity contribution in [2.75, 3.05) is 13.1 Å². The number of rotatable bonds is 4. The van der Waals surface area contributed by atoms with Gasteiger partial charge in [0.05, 0.1) is 6.04 Å². The van der Waals surface area contributed by atoms with Gasteiger partial charge in [-0.25, -0.2) is 0 Å². The van der Waals surface area contributed by atoms with Crippen LogP contribution < -0.4 is 0 Å². The van der Waals surface area contributed by atoms with E-state index in [0.29, 0.717) is 25.9 Å². The Morgan fingerprint density at radius 3 is 2.67 bits per heavy atom. The Bertz CT molecular complexity index is 786. The Balaban J connectivity index is 1.45. The SMILES string of the molecule is O=C[C@@H]1CCCN1C(=O)C1CCCCN1C(=O)CC1=Cc2ccccc2C1. The molecule has 0 bridgehead atoms. The van der Waals surface area contributed by atoms with E-state index in [9.17, 15) is 14.4 Å². The number of carbonyl (C=O) groups excluding carboxylic acids is 3. The topological polar surface area (TPSA) is 57.7 Å². The van der Waals surface area contributed by atoms with Crippen LogP contribution in [0.15, 0.2) is 29.8 Å². The number of hydrogen-bond acceptors (Lipinski definition) is 3. The van der Waals surface area contributed by atoms with Crippen LogP contribution in [-0.4, -0.2) is 53.1 Å². The predicted molar refractivity (Wildman–Crippen MR) is 103 cm³/mol. The zero-order valence-electron chi connectivity index (χ0n) is 15.6. The van der Waals surface area contributed by atoms with Gasteiger partial charge in [-0.15, -0.1) is 0 Å². The molecule has 0 aromatic heterocycles. The normalized spacial score (nSPS) is 24.5. The average Bonchev–Trinajstić information content (AvgIpc) is 3.33. The maximum absolute atomic E-state index is 13.1. The number of carbonyl (C=O) groups is 3. The van der Waals surface area contributed by atoms with Gasteiger partial charge in [0.2, 0.25) is 11.8 Å². The highest BCUT2D eigenvalue weighted by molar-refractivity contribution is 5.91. The molecule has 1 aliphatic carbocycles. The third-order valence-corrected chi connectivity index (χ3v) is 6.06. The van der Waals surface area contributed by atoms with Gasteiger partial charge in [0, 0.05) is 19.5 Å². The molecule has 3 aliphatic rings. The first-order valence-corrected chi connectivity index (χ1v) is 10.00. The van der Waals surface area contributed by atoms with E-state index in [0.717, 1.165) is 44.0 Å². The van der Waals surface area contributed by atoms with Crippen LogP contribution in [0.1, 0.15) is 49.7 Å². The molecular formula is C22H26N2O3. The molecule has 2 saturated heterocycles. The Kier molecular flexibility index (Phi) is 5.10. The lowest BCUT2D eigenvalue weighted by molar-refractivity contribution is -0.148. The summed E-state index contributed by atoms with van der Waals surface area (Å²) in [5, 5.41) is 0. The van der Waals surface area contributed by atoms with Crippen LogP contribution in [0.3, 0.4) is 0 Å². The van der Waals surface area contributed by atoms with Crippen molar-refractivity contribution in [3.63, 3.8) is 0 Å². The minimum Gasteiger partial charge on any atom is -0.331 e. The number of fused-ring (bicyclic) bond motifs is 1. The molecule has 2 heterocycles. The van der Waals surface area contributed by atoms with Crippen molar-refractivity contribution in [1.29, 1.82) is 0 Å². The Morgan fingerprint density at radius 1 is 1.04 bits per heavy atom. The van der Waals surface area contributed by atoms with Crippen LogP contribution in [0.2, 0.25) is 0 Å². The summed E-state index contributed by atoms with van der Waals surface area (Å²) >= 11 is 0. The van der Waals surface area contributed by atoms with E-state index in [-0.39, 0.29) is 17.9 Å². The number of benzene rings is 1. The summed E-state index contributed by atoms with van der Waals surface area (Å²) in [6.07, 6.45) is 8.36. The van der Waals surface area contributed by atoms with Gasteiger partial charge in [-0.05, 0) is 49.7 Å². The number of aldehydes is 1. The van der Waals surface area contributed by atoms with Gasteiger partial charge in [0.15, 0.2) is 0 Å². The molecule has 0 N–H and O–H groups in total. The molecular weight excluding hydrogens is 340 g/mol. The molecule has 4 rings (SSSR count). The summed E-state index contributed by atoms with van der Waals surface area (Å²) in [6.45, 7) is 1.26. The van der Waals surface area contributed by atoms with Crippen LogP contribution in [0, 0.1) is 0 Å². The van der Waals surface area contributed by atoms with E-state index in [1.54, 1.807) is 9.80 Å². The molecule has 2 aliphatic heterocycles. The van der Waals surface area contributed by atoms with E-state index in [1.807, 2.05) is 12.1 Å². The van der Waals surface area contributed by atoms with Crippen molar-refractivity contribution in [2.45, 2.75) is 57.0 Å². The van der Waals surface area contributed by atoms with Gasteiger partial charge in [0.1, 0.15) is 12.3 Å². The summed E-state index contributed by atoms with van der Waals surface area (Å²) in [7, 11) is 0. The summed E-state index contributed by atoms with van der Waals surface area (Å²) in [6, 6.07) is 7.49. The minimum atomic E-state index is -0.406. The van der Waals surface area contributed by atoms with E-state index in [1.165, 1.54) is 11.1 Å². The Labute approximate surface area is 160 Å². The molecule has 5 heteroatoms. The number of amides is 2. The smallest absolute Gasteiger partial charge is 0.245 e. The van der Waals surface area contributed by atoms with Gasteiger partial charge >= 0.3 is 0 Å². The fourth-order valence-electron chi connectivity index (χ4n) is 4.65. The van der Waals surface area contributed by atoms with Crippen molar-refractivity contribution in [3.8, 4) is 0 Å². The average molecular weight is 366 g/mol. The standard InChI is InChI=1S/C22H26N2O3/c25-15-19-8-5-11-23(19)22(27)20-9-3-4-10-24(20)21(26)14-16-12-17-6-1-2-7-18(17)13-16/h1-2,6-7,12,15,19-20H,3-5,8-11,13-14H2/t19-,20?/m0/s1. The molecule has 1 aromatic carbocycles. The lowest BCUT2D eigenvalue weighted by Gasteiger charge is -2.37. The molecule has 1 aromatic rings. The van der Waals surface area contributed by atoms with Gasteiger partial charge in [-0.2, -0.15) is 0 Å². The Hall–Kier alpha value is -2.43. The lowest BCUT2D eigenvalue weighted by atomic mass is 9.99. The van der Waals surface area contributed by atoms with Gasteiger partial charge in [-0.1, -0.05) is 35.9 Å². The Morgan fingerprint density at radius 2 is 1.85 bits per heavy atom. The van der Waals surface area contributed by atoms with Gasteiger partial charge in [-0.3, -0.25) is 9.59 Å². The van der Waals surface area contributed by atoms with Gasteiger partial charge in [0.25, 0.3) is 0 Å². The first kappa shape index (κ1) is 18.0. The molecule has 0 radical (unpaired) electrons. The van der Waals surface area contributed by atoms with Crippen molar-refractivity contribution in [1.82, 2.24) is 9.80 Å². The van der Waals surface area contributed by atoms with E-state index in [4.69, 9.17) is 0 Å². The van der Waals surface area contributed by atoms with E-state index in [2.05, 4.69) is 18.2 Å². The molecule has 0 spiro atoms. The molecule has 142 valence electrons. The van der Waals surface area contributed by atoms with Crippen LogP contribution in [-0.2, 0) is 20.8 Å². The van der Waals surface area contributed by atoms with Crippen molar-refractivity contribution < 1.29 is 14.4 Å². The second-order valence-corrected chi connectivity index (χ2v) is 7.83. The molecule has 1 unspecified atom stereocenters. The second-order valence-electron chi connectivity index (χ2n) is 7.83. The summed E-state index contributed by atoms with van der Waals surface area (Å²) < 4.78 is 0. The van der Waals surface area contributed by atoms with Crippen LogP contribution in [0.25, 0.3) is 6.08 Å². The first-order valence-electron chi connectivity index (χ1n) is 10.00. The quantitative estimate of drug-likeness (QED) is 0.770. The maximum atomic E-state index is 13.1. The second kappa shape index (κ2) is 7.67. The minimum absolute atomic E-state index is 0.0361. The van der Waals surface area contributed by atoms with Crippen molar-refractivity contribution >= 4 is 24.2 Å². The number of piperidine rings is 1. The third kappa shape index (κ3) is 3.55. The number of nitrogens with zero attached hydrogens (tertiary/aromatic N) is 2. The van der Waals surface area contributed by atoms with Crippen LogP contribution >= 0.6 is 0 Å². The van der Waals surface area contributed by atoms with Crippen LogP contribution in [0.5, 0.6) is 0 Å². The van der Waals surface area contributed by atoms with E-state index < -0.39 is 6.04 Å². The monoisotopic (exact) mass is 366 g/mol. The highest BCUT2D eigenvalue weighted by Crippen LogP contribution is 2.29. The molecule has 0 saturated carbocycles. The third-order valence-electron chi connectivity index (χ3n) is 6.06. The zero-order chi connectivity index (χ0) is 18.8. The summed E-state index contributed by atoms with van der Waals surface area (Å²) in [5.74, 6) is -0.00436.